The van der Waals surface area contributed by atoms with Crippen LogP contribution in [0.25, 0.3) is 0 Å². The number of rotatable bonds is 4. The third-order valence-electron chi connectivity index (χ3n) is 3.67. The molecule has 0 aliphatic carbocycles. The van der Waals surface area contributed by atoms with Crippen molar-refractivity contribution in [3.63, 3.8) is 0 Å². The zero-order chi connectivity index (χ0) is 9.80. The summed E-state index contributed by atoms with van der Waals surface area (Å²) in [6, 6.07) is 0.678. The molecule has 82 valence electrons. The molecule has 2 aliphatic heterocycles. The van der Waals surface area contributed by atoms with E-state index < -0.39 is 0 Å². The summed E-state index contributed by atoms with van der Waals surface area (Å²) in [7, 11) is 0. The molecule has 2 heterocycles. The zero-order valence-electron chi connectivity index (χ0n) is 9.12. The van der Waals surface area contributed by atoms with Crippen LogP contribution in [0, 0.1) is 0 Å². The predicted molar refractivity (Wildman–Crippen MR) is 59.3 cm³/mol. The molecule has 0 aromatic heterocycles. The fourth-order valence-corrected chi connectivity index (χ4v) is 2.73. The standard InChI is InChI=1S/C11H23N3/c12-10-11-4-3-7-14(11)9-8-13-5-1-2-6-13/h11H,1-10,12H2. The molecule has 0 saturated carbocycles. The van der Waals surface area contributed by atoms with Crippen LogP contribution in [0.5, 0.6) is 0 Å². The number of nitrogens with zero attached hydrogens (tertiary/aromatic N) is 2. The summed E-state index contributed by atoms with van der Waals surface area (Å²) in [5.41, 5.74) is 5.75. The maximum atomic E-state index is 5.75. The van der Waals surface area contributed by atoms with E-state index in [4.69, 9.17) is 5.73 Å². The van der Waals surface area contributed by atoms with Crippen LogP contribution in [0.1, 0.15) is 25.7 Å². The molecular formula is C11H23N3. The molecule has 2 rings (SSSR count). The Kier molecular flexibility index (Phi) is 3.79. The third kappa shape index (κ3) is 2.47. The summed E-state index contributed by atoms with van der Waals surface area (Å²) >= 11 is 0. The van der Waals surface area contributed by atoms with E-state index in [1.807, 2.05) is 0 Å². The molecule has 0 aromatic carbocycles. The second kappa shape index (κ2) is 5.10. The van der Waals surface area contributed by atoms with Crippen molar-refractivity contribution >= 4 is 0 Å². The van der Waals surface area contributed by atoms with Crippen molar-refractivity contribution < 1.29 is 0 Å². The van der Waals surface area contributed by atoms with Crippen LogP contribution >= 0.6 is 0 Å². The van der Waals surface area contributed by atoms with E-state index in [1.165, 1.54) is 58.4 Å². The lowest BCUT2D eigenvalue weighted by Gasteiger charge is -2.25. The van der Waals surface area contributed by atoms with E-state index in [9.17, 15) is 0 Å². The van der Waals surface area contributed by atoms with E-state index in [0.29, 0.717) is 6.04 Å². The van der Waals surface area contributed by atoms with Gasteiger partial charge in [0.05, 0.1) is 0 Å². The molecule has 0 bridgehead atoms. The first-order valence-corrected chi connectivity index (χ1v) is 6.06. The first-order valence-electron chi connectivity index (χ1n) is 6.06. The minimum Gasteiger partial charge on any atom is -0.329 e. The number of nitrogens with two attached hydrogens (primary N) is 1. The second-order valence-corrected chi connectivity index (χ2v) is 4.62. The third-order valence-corrected chi connectivity index (χ3v) is 3.67. The molecular weight excluding hydrogens is 174 g/mol. The highest BCUT2D eigenvalue weighted by Crippen LogP contribution is 2.16. The summed E-state index contributed by atoms with van der Waals surface area (Å²) in [5.74, 6) is 0. The quantitative estimate of drug-likeness (QED) is 0.712. The Morgan fingerprint density at radius 3 is 2.50 bits per heavy atom. The lowest BCUT2D eigenvalue weighted by Crippen LogP contribution is -2.40. The topological polar surface area (TPSA) is 32.5 Å². The smallest absolute Gasteiger partial charge is 0.0219 e. The van der Waals surface area contributed by atoms with Gasteiger partial charge in [-0.3, -0.25) is 4.90 Å². The van der Waals surface area contributed by atoms with Crippen LogP contribution in [0.15, 0.2) is 0 Å². The molecule has 1 atom stereocenters. The highest BCUT2D eigenvalue weighted by atomic mass is 15.2. The van der Waals surface area contributed by atoms with Crippen LogP contribution in [0.2, 0.25) is 0 Å². The molecule has 0 spiro atoms. The van der Waals surface area contributed by atoms with Crippen molar-refractivity contribution in [2.45, 2.75) is 31.7 Å². The van der Waals surface area contributed by atoms with Crippen molar-refractivity contribution in [2.24, 2.45) is 5.73 Å². The fourth-order valence-electron chi connectivity index (χ4n) is 2.73. The SMILES string of the molecule is NCC1CCCN1CCN1CCCC1. The van der Waals surface area contributed by atoms with Gasteiger partial charge >= 0.3 is 0 Å². The normalized spacial score (nSPS) is 30.2. The first-order chi connectivity index (χ1) is 6.90. The van der Waals surface area contributed by atoms with E-state index in [1.54, 1.807) is 0 Å². The van der Waals surface area contributed by atoms with Gasteiger partial charge in [0.25, 0.3) is 0 Å². The summed E-state index contributed by atoms with van der Waals surface area (Å²) in [6.07, 6.45) is 5.47. The molecule has 0 radical (unpaired) electrons. The maximum Gasteiger partial charge on any atom is 0.0219 e. The molecule has 2 aliphatic rings. The van der Waals surface area contributed by atoms with Gasteiger partial charge in [0, 0.05) is 25.7 Å². The summed E-state index contributed by atoms with van der Waals surface area (Å²) in [5, 5.41) is 0. The van der Waals surface area contributed by atoms with Crippen LogP contribution in [-0.2, 0) is 0 Å². The molecule has 2 saturated heterocycles. The van der Waals surface area contributed by atoms with E-state index in [-0.39, 0.29) is 0 Å². The average Bonchev–Trinajstić information content (AvgIpc) is 2.85. The first kappa shape index (κ1) is 10.4. The van der Waals surface area contributed by atoms with E-state index in [0.717, 1.165) is 6.54 Å². The zero-order valence-corrected chi connectivity index (χ0v) is 9.12. The number of hydrogen-bond acceptors (Lipinski definition) is 3. The highest BCUT2D eigenvalue weighted by molar-refractivity contribution is 4.80. The van der Waals surface area contributed by atoms with Crippen molar-refractivity contribution in [2.75, 3.05) is 39.3 Å². The summed E-state index contributed by atoms with van der Waals surface area (Å²) in [4.78, 5) is 5.17. The Bertz CT molecular complexity index is 166. The van der Waals surface area contributed by atoms with Gasteiger partial charge in [0.2, 0.25) is 0 Å². The van der Waals surface area contributed by atoms with Gasteiger partial charge in [0.1, 0.15) is 0 Å². The summed E-state index contributed by atoms with van der Waals surface area (Å²) in [6.45, 7) is 7.26. The van der Waals surface area contributed by atoms with Crippen LogP contribution < -0.4 is 5.73 Å². The Balaban J connectivity index is 1.68. The van der Waals surface area contributed by atoms with Crippen molar-refractivity contribution in [1.29, 1.82) is 0 Å². The Morgan fingerprint density at radius 2 is 1.79 bits per heavy atom. The van der Waals surface area contributed by atoms with Crippen LogP contribution in [0.3, 0.4) is 0 Å². The van der Waals surface area contributed by atoms with Crippen molar-refractivity contribution in [3.8, 4) is 0 Å². The van der Waals surface area contributed by atoms with Gasteiger partial charge in [0.15, 0.2) is 0 Å². The van der Waals surface area contributed by atoms with Crippen LogP contribution in [-0.4, -0.2) is 55.1 Å². The van der Waals surface area contributed by atoms with Gasteiger partial charge in [-0.05, 0) is 45.3 Å². The molecule has 3 nitrogen and oxygen atoms in total. The number of hydrogen-bond donors (Lipinski definition) is 1. The molecule has 2 fully saturated rings. The van der Waals surface area contributed by atoms with Gasteiger partial charge in [-0.2, -0.15) is 0 Å². The summed E-state index contributed by atoms with van der Waals surface area (Å²) < 4.78 is 0. The molecule has 2 N–H and O–H groups in total. The minimum absolute atomic E-state index is 0.678. The van der Waals surface area contributed by atoms with E-state index in [2.05, 4.69) is 9.80 Å². The largest absolute Gasteiger partial charge is 0.329 e. The van der Waals surface area contributed by atoms with Crippen molar-refractivity contribution in [3.05, 3.63) is 0 Å². The Morgan fingerprint density at radius 1 is 1.00 bits per heavy atom. The van der Waals surface area contributed by atoms with Gasteiger partial charge in [-0.1, -0.05) is 0 Å². The van der Waals surface area contributed by atoms with Gasteiger partial charge in [-0.25, -0.2) is 0 Å². The molecule has 1 unspecified atom stereocenters. The maximum absolute atomic E-state index is 5.75. The van der Waals surface area contributed by atoms with E-state index >= 15 is 0 Å². The fraction of sp³-hybridized carbons (Fsp3) is 1.00. The second-order valence-electron chi connectivity index (χ2n) is 4.62. The van der Waals surface area contributed by atoms with Crippen molar-refractivity contribution in [1.82, 2.24) is 9.80 Å². The highest BCUT2D eigenvalue weighted by Gasteiger charge is 2.23. The molecule has 0 aromatic rings. The van der Waals surface area contributed by atoms with Crippen LogP contribution in [0.4, 0.5) is 0 Å². The lowest BCUT2D eigenvalue weighted by atomic mass is 10.2. The number of likely N-dealkylation sites (tertiary alicyclic amines) is 2. The van der Waals surface area contributed by atoms with Gasteiger partial charge < -0.3 is 10.6 Å². The minimum atomic E-state index is 0.678. The predicted octanol–water partition coefficient (Wildman–Crippen LogP) is 0.505. The lowest BCUT2D eigenvalue weighted by molar-refractivity contribution is 0.215. The average molecular weight is 197 g/mol. The molecule has 14 heavy (non-hydrogen) atoms. The molecule has 0 amide bonds. The van der Waals surface area contributed by atoms with Gasteiger partial charge in [-0.15, -0.1) is 0 Å². The monoisotopic (exact) mass is 197 g/mol. The Labute approximate surface area is 87.2 Å². The Hall–Kier alpha value is -0.120. The molecule has 3 heteroatoms.